The van der Waals surface area contributed by atoms with E-state index in [0.717, 1.165) is 27.4 Å². The van der Waals surface area contributed by atoms with Crippen molar-refractivity contribution in [2.45, 2.75) is 33.2 Å². The van der Waals surface area contributed by atoms with Crippen molar-refractivity contribution in [1.29, 1.82) is 5.26 Å². The number of nitrogens with zero attached hydrogens (tertiary/aromatic N) is 3. The minimum atomic E-state index is 0.0868. The Hall–Kier alpha value is -2.33. The van der Waals surface area contributed by atoms with E-state index < -0.39 is 0 Å². The second-order valence-corrected chi connectivity index (χ2v) is 6.65. The van der Waals surface area contributed by atoms with Gasteiger partial charge in [0.15, 0.2) is 0 Å². The number of carbonyl (C=O) groups excluding carboxylic acids is 1. The van der Waals surface area contributed by atoms with E-state index in [0.29, 0.717) is 36.5 Å². The standard InChI is InChI=1S/C15H17N5OS/c1-8-11(9(2)19-18-8)5-14(21)20-4-3-10-12(6-16)15(17)22-13(10)7-20/h3-5,7,17H2,1-2H3,(H,18,19). The van der Waals surface area contributed by atoms with Crippen molar-refractivity contribution in [2.75, 3.05) is 12.3 Å². The summed E-state index contributed by atoms with van der Waals surface area (Å²) in [7, 11) is 0. The lowest BCUT2D eigenvalue weighted by Crippen LogP contribution is -2.36. The maximum absolute atomic E-state index is 12.5. The predicted octanol–water partition coefficient (Wildman–Crippen LogP) is 1.67. The molecule has 2 aromatic rings. The molecule has 22 heavy (non-hydrogen) atoms. The SMILES string of the molecule is Cc1n[nH]c(C)c1CC(=O)N1CCc2c(sc(N)c2C#N)C1. The van der Waals surface area contributed by atoms with Gasteiger partial charge in [-0.3, -0.25) is 9.89 Å². The van der Waals surface area contributed by atoms with Gasteiger partial charge in [0, 0.05) is 22.7 Å². The van der Waals surface area contributed by atoms with Gasteiger partial charge in [-0.05, 0) is 25.8 Å². The number of carbonyl (C=O) groups is 1. The van der Waals surface area contributed by atoms with Crippen molar-refractivity contribution < 1.29 is 4.79 Å². The van der Waals surface area contributed by atoms with Crippen LogP contribution < -0.4 is 5.73 Å². The predicted molar refractivity (Wildman–Crippen MR) is 84.3 cm³/mol. The topological polar surface area (TPSA) is 98.8 Å². The van der Waals surface area contributed by atoms with Gasteiger partial charge in [-0.25, -0.2) is 0 Å². The molecule has 3 N–H and O–H groups in total. The third kappa shape index (κ3) is 2.35. The number of aryl methyl sites for hydroxylation is 2. The van der Waals surface area contributed by atoms with Gasteiger partial charge in [0.2, 0.25) is 5.91 Å². The maximum Gasteiger partial charge on any atom is 0.227 e. The zero-order valence-corrected chi connectivity index (χ0v) is 13.4. The average Bonchev–Trinajstić information content (AvgIpc) is 2.98. The molecule has 0 aromatic carbocycles. The van der Waals surface area contributed by atoms with E-state index in [9.17, 15) is 4.79 Å². The van der Waals surface area contributed by atoms with Gasteiger partial charge < -0.3 is 10.6 Å². The van der Waals surface area contributed by atoms with E-state index in [1.807, 2.05) is 18.7 Å². The van der Waals surface area contributed by atoms with Gasteiger partial charge in [0.1, 0.15) is 11.1 Å². The fourth-order valence-corrected chi connectivity index (χ4v) is 3.94. The maximum atomic E-state index is 12.5. The number of rotatable bonds is 2. The smallest absolute Gasteiger partial charge is 0.227 e. The Morgan fingerprint density at radius 3 is 2.95 bits per heavy atom. The highest BCUT2D eigenvalue weighted by molar-refractivity contribution is 7.16. The Bertz CT molecular complexity index is 763. The number of thiophene rings is 1. The first-order chi connectivity index (χ1) is 10.5. The van der Waals surface area contributed by atoms with Crippen molar-refractivity contribution >= 4 is 22.2 Å². The molecule has 1 aliphatic heterocycles. The Morgan fingerprint density at radius 2 is 2.32 bits per heavy atom. The van der Waals surface area contributed by atoms with Crippen molar-refractivity contribution in [1.82, 2.24) is 15.1 Å². The molecule has 3 rings (SSSR count). The second-order valence-electron chi connectivity index (χ2n) is 5.51. The fraction of sp³-hybridized carbons (Fsp3) is 0.400. The van der Waals surface area contributed by atoms with Crippen LogP contribution in [-0.4, -0.2) is 27.5 Å². The van der Waals surface area contributed by atoms with Gasteiger partial charge in [0.05, 0.1) is 24.2 Å². The number of hydrogen-bond acceptors (Lipinski definition) is 5. The molecule has 0 atom stereocenters. The number of nitrogens with one attached hydrogen (secondary N) is 1. The molecule has 1 amide bonds. The first-order valence-corrected chi connectivity index (χ1v) is 7.91. The first kappa shape index (κ1) is 14.6. The molecule has 3 heterocycles. The molecular weight excluding hydrogens is 298 g/mol. The molecule has 6 nitrogen and oxygen atoms in total. The van der Waals surface area contributed by atoms with Crippen LogP contribution in [0.15, 0.2) is 0 Å². The molecule has 114 valence electrons. The number of aromatic amines is 1. The van der Waals surface area contributed by atoms with E-state index in [4.69, 9.17) is 11.0 Å². The highest BCUT2D eigenvalue weighted by Gasteiger charge is 2.26. The van der Waals surface area contributed by atoms with Crippen LogP contribution in [0.4, 0.5) is 5.00 Å². The normalized spacial score (nSPS) is 13.8. The Morgan fingerprint density at radius 1 is 1.55 bits per heavy atom. The van der Waals surface area contributed by atoms with Crippen LogP contribution in [-0.2, 0) is 24.2 Å². The third-order valence-corrected chi connectivity index (χ3v) is 5.20. The summed E-state index contributed by atoms with van der Waals surface area (Å²) in [6.45, 7) is 5.00. The Labute approximate surface area is 132 Å². The van der Waals surface area contributed by atoms with E-state index in [1.165, 1.54) is 11.3 Å². The van der Waals surface area contributed by atoms with Crippen molar-refractivity contribution in [3.63, 3.8) is 0 Å². The highest BCUT2D eigenvalue weighted by Crippen LogP contribution is 2.34. The number of nitriles is 1. The monoisotopic (exact) mass is 315 g/mol. The quantitative estimate of drug-likeness (QED) is 0.880. The molecule has 0 unspecified atom stereocenters. The van der Waals surface area contributed by atoms with Crippen LogP contribution in [0.25, 0.3) is 0 Å². The van der Waals surface area contributed by atoms with Crippen molar-refractivity contribution in [2.24, 2.45) is 0 Å². The van der Waals surface area contributed by atoms with Crippen LogP contribution in [0.2, 0.25) is 0 Å². The molecular formula is C15H17N5OS. The Kier molecular flexibility index (Phi) is 3.62. The molecule has 0 radical (unpaired) electrons. The summed E-state index contributed by atoms with van der Waals surface area (Å²) in [6, 6.07) is 2.17. The van der Waals surface area contributed by atoms with Gasteiger partial charge in [-0.2, -0.15) is 10.4 Å². The van der Waals surface area contributed by atoms with E-state index >= 15 is 0 Å². The second kappa shape index (κ2) is 5.46. The number of aromatic nitrogens is 2. The molecule has 0 spiro atoms. The van der Waals surface area contributed by atoms with Gasteiger partial charge in [-0.1, -0.05) is 0 Å². The molecule has 2 aromatic heterocycles. The molecule has 1 aliphatic rings. The highest BCUT2D eigenvalue weighted by atomic mass is 32.1. The summed E-state index contributed by atoms with van der Waals surface area (Å²) in [5.41, 5.74) is 10.3. The molecule has 0 saturated carbocycles. The Balaban J connectivity index is 1.77. The number of nitrogen functional groups attached to an aromatic ring is 1. The lowest BCUT2D eigenvalue weighted by Gasteiger charge is -2.27. The molecule has 0 bridgehead atoms. The molecule has 0 fully saturated rings. The van der Waals surface area contributed by atoms with Gasteiger partial charge in [0.25, 0.3) is 0 Å². The minimum Gasteiger partial charge on any atom is -0.389 e. The number of H-pyrrole nitrogens is 1. The summed E-state index contributed by atoms with van der Waals surface area (Å²) in [6.07, 6.45) is 1.05. The van der Waals surface area contributed by atoms with Crippen LogP contribution in [0.5, 0.6) is 0 Å². The lowest BCUT2D eigenvalue weighted by atomic mass is 10.0. The summed E-state index contributed by atoms with van der Waals surface area (Å²) >= 11 is 1.42. The van der Waals surface area contributed by atoms with E-state index in [-0.39, 0.29) is 5.91 Å². The molecule has 0 saturated heterocycles. The zero-order chi connectivity index (χ0) is 15.9. The van der Waals surface area contributed by atoms with Crippen molar-refractivity contribution in [3.8, 4) is 6.07 Å². The first-order valence-electron chi connectivity index (χ1n) is 7.09. The average molecular weight is 315 g/mol. The summed E-state index contributed by atoms with van der Waals surface area (Å²) in [5, 5.41) is 16.8. The van der Waals surface area contributed by atoms with Crippen molar-refractivity contribution in [3.05, 3.63) is 33.0 Å². The summed E-state index contributed by atoms with van der Waals surface area (Å²) in [5.74, 6) is 0.0868. The van der Waals surface area contributed by atoms with Crippen LogP contribution in [0.3, 0.4) is 0 Å². The largest absolute Gasteiger partial charge is 0.389 e. The van der Waals surface area contributed by atoms with E-state index in [2.05, 4.69) is 16.3 Å². The van der Waals surface area contributed by atoms with Crippen LogP contribution in [0, 0.1) is 25.2 Å². The van der Waals surface area contributed by atoms with Crippen LogP contribution in [0.1, 0.15) is 33.0 Å². The lowest BCUT2D eigenvalue weighted by molar-refractivity contribution is -0.131. The van der Waals surface area contributed by atoms with Crippen LogP contribution >= 0.6 is 11.3 Å². The van der Waals surface area contributed by atoms with Gasteiger partial charge in [-0.15, -0.1) is 11.3 Å². The number of hydrogen-bond donors (Lipinski definition) is 2. The minimum absolute atomic E-state index is 0.0868. The number of fused-ring (bicyclic) bond motifs is 1. The fourth-order valence-electron chi connectivity index (χ4n) is 2.86. The third-order valence-electron chi connectivity index (χ3n) is 4.16. The number of anilines is 1. The zero-order valence-electron chi connectivity index (χ0n) is 12.6. The summed E-state index contributed by atoms with van der Waals surface area (Å²) in [4.78, 5) is 15.4. The molecule has 7 heteroatoms. The summed E-state index contributed by atoms with van der Waals surface area (Å²) < 4.78 is 0. The van der Waals surface area contributed by atoms with Gasteiger partial charge >= 0.3 is 0 Å². The number of nitrogens with two attached hydrogens (primary N) is 1. The number of amides is 1. The van der Waals surface area contributed by atoms with E-state index in [1.54, 1.807) is 0 Å². The molecule has 0 aliphatic carbocycles.